The number of primary amides is 1. The molecule has 0 aliphatic carbocycles. The average Bonchev–Trinajstić information content (AvgIpc) is 3.09. The molecular weight excluding hydrogens is 308 g/mol. The minimum absolute atomic E-state index is 0.285. The van der Waals surface area contributed by atoms with Crippen molar-refractivity contribution in [2.75, 3.05) is 12.4 Å². The first-order chi connectivity index (χ1) is 11.7. The van der Waals surface area contributed by atoms with Gasteiger partial charge < -0.3 is 20.3 Å². The number of nitrogens with two attached hydrogens (primary N) is 1. The number of amides is 1. The molecule has 0 unspecified atom stereocenters. The number of nitrogens with one attached hydrogen (secondary N) is 1. The van der Waals surface area contributed by atoms with Crippen molar-refractivity contribution in [3.8, 4) is 17.1 Å². The predicted molar refractivity (Wildman–Crippen MR) is 88.6 cm³/mol. The maximum atomic E-state index is 11.4. The van der Waals surface area contributed by atoms with Gasteiger partial charge in [0.15, 0.2) is 0 Å². The van der Waals surface area contributed by atoms with Crippen LogP contribution in [-0.4, -0.2) is 23.2 Å². The van der Waals surface area contributed by atoms with E-state index in [0.717, 1.165) is 11.3 Å². The van der Waals surface area contributed by atoms with Crippen LogP contribution in [-0.2, 0) is 6.54 Å². The molecule has 3 N–H and O–H groups in total. The third kappa shape index (κ3) is 3.35. The third-order valence-corrected chi connectivity index (χ3v) is 3.44. The highest BCUT2D eigenvalue weighted by molar-refractivity contribution is 5.98. The summed E-state index contributed by atoms with van der Waals surface area (Å²) in [4.78, 5) is 15.7. The molecule has 2 aromatic carbocycles. The Bertz CT molecular complexity index is 843. The topological polar surface area (TPSA) is 103 Å². The number of aromatic nitrogens is 2. The third-order valence-electron chi connectivity index (χ3n) is 3.44. The van der Waals surface area contributed by atoms with E-state index in [2.05, 4.69) is 15.5 Å². The van der Waals surface area contributed by atoms with E-state index in [1.54, 1.807) is 25.3 Å². The lowest BCUT2D eigenvalue weighted by atomic mass is 10.1. The summed E-state index contributed by atoms with van der Waals surface area (Å²) in [5.41, 5.74) is 7.20. The fraction of sp³-hybridized carbons (Fsp3) is 0.118. The van der Waals surface area contributed by atoms with E-state index in [-0.39, 0.29) is 6.54 Å². The number of benzene rings is 2. The number of rotatable bonds is 6. The molecule has 0 spiro atoms. The number of nitrogens with zero attached hydrogens (tertiary/aromatic N) is 2. The van der Waals surface area contributed by atoms with Crippen molar-refractivity contribution < 1.29 is 14.1 Å². The first kappa shape index (κ1) is 15.5. The average molecular weight is 324 g/mol. The lowest BCUT2D eigenvalue weighted by Crippen LogP contribution is -2.14. The van der Waals surface area contributed by atoms with E-state index in [1.165, 1.54) is 0 Å². The Labute approximate surface area is 138 Å². The zero-order valence-electron chi connectivity index (χ0n) is 13.0. The normalized spacial score (nSPS) is 10.4. The molecule has 1 heterocycles. The summed E-state index contributed by atoms with van der Waals surface area (Å²) in [5, 5.41) is 7.03. The first-order valence-corrected chi connectivity index (χ1v) is 7.27. The monoisotopic (exact) mass is 324 g/mol. The Morgan fingerprint density at radius 2 is 1.96 bits per heavy atom. The van der Waals surface area contributed by atoms with Crippen LogP contribution in [0, 0.1) is 0 Å². The fourth-order valence-electron chi connectivity index (χ4n) is 2.21. The molecule has 7 nitrogen and oxygen atoms in total. The number of ether oxygens (including phenoxy) is 1. The number of methoxy groups -OCH3 is 1. The standard InChI is InChI=1S/C17H16N4O3/c1-23-12-8-6-11(7-9-12)17-20-15(24-21-17)10-19-14-5-3-2-4-13(14)16(18)22/h2-9,19H,10H2,1H3,(H2,18,22). The summed E-state index contributed by atoms with van der Waals surface area (Å²) in [6.07, 6.45) is 0. The van der Waals surface area contributed by atoms with Crippen LogP contribution in [0.5, 0.6) is 5.75 Å². The van der Waals surface area contributed by atoms with Crippen molar-refractivity contribution in [3.05, 3.63) is 60.0 Å². The minimum Gasteiger partial charge on any atom is -0.497 e. The molecular formula is C17H16N4O3. The van der Waals surface area contributed by atoms with E-state index < -0.39 is 5.91 Å². The van der Waals surface area contributed by atoms with Crippen LogP contribution in [0.3, 0.4) is 0 Å². The van der Waals surface area contributed by atoms with Crippen molar-refractivity contribution in [2.24, 2.45) is 5.73 Å². The number of anilines is 1. The van der Waals surface area contributed by atoms with Crippen LogP contribution < -0.4 is 15.8 Å². The van der Waals surface area contributed by atoms with E-state index in [1.807, 2.05) is 30.3 Å². The van der Waals surface area contributed by atoms with Crippen LogP contribution in [0.1, 0.15) is 16.2 Å². The van der Waals surface area contributed by atoms with E-state index in [4.69, 9.17) is 15.0 Å². The van der Waals surface area contributed by atoms with Crippen molar-refractivity contribution in [3.63, 3.8) is 0 Å². The molecule has 0 saturated heterocycles. The lowest BCUT2D eigenvalue weighted by Gasteiger charge is -2.07. The number of para-hydroxylation sites is 1. The van der Waals surface area contributed by atoms with Gasteiger partial charge in [0.05, 0.1) is 19.2 Å². The van der Waals surface area contributed by atoms with Gasteiger partial charge in [0.2, 0.25) is 11.7 Å². The molecule has 3 aromatic rings. The SMILES string of the molecule is COc1ccc(-c2noc(CNc3ccccc3C(N)=O)n2)cc1. The van der Waals surface area contributed by atoms with E-state index in [0.29, 0.717) is 23.0 Å². The van der Waals surface area contributed by atoms with Gasteiger partial charge in [-0.15, -0.1) is 0 Å². The molecule has 7 heteroatoms. The van der Waals surface area contributed by atoms with Crippen LogP contribution in [0.2, 0.25) is 0 Å². The zero-order valence-corrected chi connectivity index (χ0v) is 13.0. The largest absolute Gasteiger partial charge is 0.497 e. The maximum Gasteiger partial charge on any atom is 0.250 e. The number of hydrogen-bond acceptors (Lipinski definition) is 6. The molecule has 0 fully saturated rings. The van der Waals surface area contributed by atoms with Crippen LogP contribution in [0.4, 0.5) is 5.69 Å². The Kier molecular flexibility index (Phi) is 4.42. The summed E-state index contributed by atoms with van der Waals surface area (Å²) in [6.45, 7) is 0.285. The van der Waals surface area contributed by atoms with Crippen LogP contribution in [0.15, 0.2) is 53.1 Å². The van der Waals surface area contributed by atoms with Gasteiger partial charge in [-0.05, 0) is 36.4 Å². The lowest BCUT2D eigenvalue weighted by molar-refractivity contribution is 0.100. The Hall–Kier alpha value is -3.35. The Balaban J connectivity index is 1.71. The predicted octanol–water partition coefficient (Wildman–Crippen LogP) is 2.46. The highest BCUT2D eigenvalue weighted by Crippen LogP contribution is 2.20. The first-order valence-electron chi connectivity index (χ1n) is 7.27. The number of carbonyl (C=O) groups is 1. The summed E-state index contributed by atoms with van der Waals surface area (Å²) in [5.74, 6) is 1.15. The molecule has 24 heavy (non-hydrogen) atoms. The molecule has 0 aliphatic heterocycles. The molecule has 0 bridgehead atoms. The van der Waals surface area contributed by atoms with Gasteiger partial charge >= 0.3 is 0 Å². The second-order valence-electron chi connectivity index (χ2n) is 5.00. The highest BCUT2D eigenvalue weighted by atomic mass is 16.5. The highest BCUT2D eigenvalue weighted by Gasteiger charge is 2.11. The molecule has 0 aliphatic rings. The maximum absolute atomic E-state index is 11.4. The number of hydrogen-bond donors (Lipinski definition) is 2. The summed E-state index contributed by atoms with van der Waals surface area (Å²) < 4.78 is 10.3. The minimum atomic E-state index is -0.498. The molecule has 0 radical (unpaired) electrons. The van der Waals surface area contributed by atoms with Gasteiger partial charge in [0.1, 0.15) is 5.75 Å². The van der Waals surface area contributed by atoms with Crippen LogP contribution >= 0.6 is 0 Å². The van der Waals surface area contributed by atoms with E-state index in [9.17, 15) is 4.79 Å². The second-order valence-corrected chi connectivity index (χ2v) is 5.00. The molecule has 3 rings (SSSR count). The van der Waals surface area contributed by atoms with Gasteiger partial charge in [-0.3, -0.25) is 4.79 Å². The van der Waals surface area contributed by atoms with Crippen molar-refractivity contribution >= 4 is 11.6 Å². The van der Waals surface area contributed by atoms with E-state index >= 15 is 0 Å². The van der Waals surface area contributed by atoms with Crippen molar-refractivity contribution in [2.45, 2.75) is 6.54 Å². The molecule has 0 atom stereocenters. The van der Waals surface area contributed by atoms with Gasteiger partial charge in [0, 0.05) is 11.3 Å². The molecule has 122 valence electrons. The summed E-state index contributed by atoms with van der Waals surface area (Å²) >= 11 is 0. The summed E-state index contributed by atoms with van der Waals surface area (Å²) in [7, 11) is 1.61. The number of carbonyl (C=O) groups excluding carboxylic acids is 1. The van der Waals surface area contributed by atoms with Gasteiger partial charge in [-0.25, -0.2) is 0 Å². The summed E-state index contributed by atoms with van der Waals surface area (Å²) in [6, 6.07) is 14.3. The van der Waals surface area contributed by atoms with Gasteiger partial charge in [-0.2, -0.15) is 4.98 Å². The van der Waals surface area contributed by atoms with Crippen molar-refractivity contribution in [1.29, 1.82) is 0 Å². The fourth-order valence-corrected chi connectivity index (χ4v) is 2.21. The smallest absolute Gasteiger partial charge is 0.250 e. The Morgan fingerprint density at radius 3 is 2.67 bits per heavy atom. The van der Waals surface area contributed by atoms with Gasteiger partial charge in [0.25, 0.3) is 5.91 Å². The molecule has 1 amide bonds. The molecule has 0 saturated carbocycles. The second kappa shape index (κ2) is 6.82. The van der Waals surface area contributed by atoms with Crippen LogP contribution in [0.25, 0.3) is 11.4 Å². The quantitative estimate of drug-likeness (QED) is 0.722. The van der Waals surface area contributed by atoms with Crippen molar-refractivity contribution in [1.82, 2.24) is 10.1 Å². The zero-order chi connectivity index (χ0) is 16.9. The Morgan fingerprint density at radius 1 is 1.21 bits per heavy atom. The van der Waals surface area contributed by atoms with Gasteiger partial charge in [-0.1, -0.05) is 17.3 Å². The molecule has 1 aromatic heterocycles.